The number of fused-ring (bicyclic) bond motifs is 2. The van der Waals surface area contributed by atoms with E-state index in [1.807, 2.05) is 28.9 Å². The summed E-state index contributed by atoms with van der Waals surface area (Å²) in [5.41, 5.74) is 7.80. The zero-order valence-electron chi connectivity index (χ0n) is 19.1. The molecule has 0 aromatic carbocycles. The molecule has 0 spiro atoms. The lowest BCUT2D eigenvalue weighted by Gasteiger charge is -2.49. The summed E-state index contributed by atoms with van der Waals surface area (Å²) in [4.78, 5) is 48.3. The van der Waals surface area contributed by atoms with Crippen molar-refractivity contribution in [3.63, 3.8) is 0 Å². The average molecular weight is 547 g/mol. The SMILES string of the molecule is Nc1nc(C(=NOCCF)C(=O)N[C@@H]2C(=O)N3C(C(=O)O)=C(Cc4c[nH][n+]5ccccc45)CS[C@@H]23)cs1. The summed E-state index contributed by atoms with van der Waals surface area (Å²) in [6.07, 6.45) is 3.99. The van der Waals surface area contributed by atoms with E-state index < -0.39 is 35.9 Å². The Hall–Kier alpha value is -3.98. The number of aliphatic carboxylic acids is 1. The predicted octanol–water partition coefficient (Wildman–Crippen LogP) is 0.464. The van der Waals surface area contributed by atoms with E-state index in [0.29, 0.717) is 17.7 Å². The molecule has 3 aromatic rings. The lowest BCUT2D eigenvalue weighted by Crippen LogP contribution is -2.71. The van der Waals surface area contributed by atoms with Gasteiger partial charge in [0.2, 0.25) is 5.52 Å². The second-order valence-corrected chi connectivity index (χ2v) is 10.1. The molecule has 5 N–H and O–H groups in total. The molecular formula is C22H21FN7O5S2+. The maximum absolute atomic E-state index is 13.1. The maximum Gasteiger partial charge on any atom is 0.352 e. The van der Waals surface area contributed by atoms with Crippen molar-refractivity contribution in [2.45, 2.75) is 17.8 Å². The van der Waals surface area contributed by atoms with Crippen molar-refractivity contribution in [2.24, 2.45) is 5.16 Å². The van der Waals surface area contributed by atoms with Gasteiger partial charge in [-0.05, 0) is 11.6 Å². The fourth-order valence-electron chi connectivity index (χ4n) is 4.18. The number of amides is 2. The molecule has 2 aliphatic rings. The van der Waals surface area contributed by atoms with Crippen molar-refractivity contribution in [3.05, 3.63) is 58.5 Å². The molecule has 0 saturated carbocycles. The molecule has 0 bridgehead atoms. The number of thiazole rings is 1. The standard InChI is InChI=1S/C22H20FN7O5S2/c23-4-6-35-28-15(13-10-37-22(24)26-13)18(31)27-16-19(32)30-17(21(33)34)12(9-36-20(16)30)7-11-8-25-29-5-2-1-3-14(11)29/h1-3,5,8,10,16,20H,4,6-7,9H2,(H4,24,26,27,31,33,34)/p+1/t16-,20+/m1/s1. The highest BCUT2D eigenvalue weighted by molar-refractivity contribution is 8.00. The lowest BCUT2D eigenvalue weighted by molar-refractivity contribution is -0.576. The van der Waals surface area contributed by atoms with Crippen LogP contribution in [-0.4, -0.2) is 74.0 Å². The molecule has 3 aromatic heterocycles. The number of pyridine rings is 1. The summed E-state index contributed by atoms with van der Waals surface area (Å²) in [7, 11) is 0. The fourth-order valence-corrected chi connectivity index (χ4v) is 6.08. The number of carboxylic acid groups (broad SMARTS) is 1. The lowest BCUT2D eigenvalue weighted by atomic mass is 9.99. The topological polar surface area (TPSA) is 167 Å². The molecule has 0 unspecified atom stereocenters. The molecule has 2 atom stereocenters. The van der Waals surface area contributed by atoms with Crippen LogP contribution in [0, 0.1) is 0 Å². The highest BCUT2D eigenvalue weighted by Crippen LogP contribution is 2.41. The van der Waals surface area contributed by atoms with Crippen molar-refractivity contribution in [2.75, 3.05) is 24.8 Å². The van der Waals surface area contributed by atoms with E-state index >= 15 is 0 Å². The van der Waals surface area contributed by atoms with Gasteiger partial charge in [0.1, 0.15) is 36.1 Å². The fraction of sp³-hybridized carbons (Fsp3) is 0.273. The first-order valence-corrected chi connectivity index (χ1v) is 13.0. The van der Waals surface area contributed by atoms with Crippen LogP contribution in [0.5, 0.6) is 0 Å². The maximum atomic E-state index is 13.1. The van der Waals surface area contributed by atoms with Gasteiger partial charge in [0, 0.05) is 29.7 Å². The van der Waals surface area contributed by atoms with Gasteiger partial charge in [0.15, 0.2) is 17.0 Å². The number of nitrogens with zero attached hydrogens (tertiary/aromatic N) is 4. The summed E-state index contributed by atoms with van der Waals surface area (Å²) >= 11 is 2.43. The number of nitrogen functional groups attached to an aromatic ring is 1. The third-order valence-corrected chi connectivity index (χ3v) is 7.82. The quantitative estimate of drug-likeness (QED) is 0.0988. The molecule has 5 rings (SSSR count). The monoisotopic (exact) mass is 546 g/mol. The van der Waals surface area contributed by atoms with Gasteiger partial charge in [0.25, 0.3) is 11.8 Å². The minimum absolute atomic E-state index is 0.0815. The zero-order chi connectivity index (χ0) is 26.1. The van der Waals surface area contributed by atoms with Gasteiger partial charge in [-0.25, -0.2) is 14.2 Å². The van der Waals surface area contributed by atoms with E-state index in [9.17, 15) is 23.9 Å². The number of hydrogen-bond donors (Lipinski definition) is 4. The Morgan fingerprint density at radius 2 is 2.27 bits per heavy atom. The molecule has 37 heavy (non-hydrogen) atoms. The number of alkyl halides is 1. The minimum atomic E-state index is -1.22. The normalized spacial score (nSPS) is 19.5. The van der Waals surface area contributed by atoms with Crippen molar-refractivity contribution < 1.29 is 33.2 Å². The highest BCUT2D eigenvalue weighted by Gasteiger charge is 2.54. The van der Waals surface area contributed by atoms with Crippen LogP contribution in [0.2, 0.25) is 0 Å². The first kappa shape index (κ1) is 24.7. The molecule has 1 saturated heterocycles. The summed E-state index contributed by atoms with van der Waals surface area (Å²) in [5.74, 6) is -2.19. The van der Waals surface area contributed by atoms with Crippen LogP contribution in [0.4, 0.5) is 9.52 Å². The molecule has 5 heterocycles. The summed E-state index contributed by atoms with van der Waals surface area (Å²) < 4.78 is 14.3. The molecule has 1 fully saturated rings. The van der Waals surface area contributed by atoms with Crippen LogP contribution in [0.15, 0.2) is 52.4 Å². The Bertz CT molecular complexity index is 1450. The number of halogens is 1. The summed E-state index contributed by atoms with van der Waals surface area (Å²) in [6, 6.07) is 4.69. The van der Waals surface area contributed by atoms with Gasteiger partial charge in [-0.1, -0.05) is 9.67 Å². The summed E-state index contributed by atoms with van der Waals surface area (Å²) in [5, 5.41) is 20.4. The molecule has 2 amide bonds. The second-order valence-electron chi connectivity index (χ2n) is 8.08. The van der Waals surface area contributed by atoms with Gasteiger partial charge in [-0.15, -0.1) is 23.1 Å². The van der Waals surface area contributed by atoms with Crippen molar-refractivity contribution in [1.82, 2.24) is 20.3 Å². The number of anilines is 1. The first-order valence-electron chi connectivity index (χ1n) is 11.0. The van der Waals surface area contributed by atoms with Crippen LogP contribution in [0.25, 0.3) is 5.52 Å². The second kappa shape index (κ2) is 10.2. The number of hydrogen-bond acceptors (Lipinski definition) is 9. The van der Waals surface area contributed by atoms with Crippen molar-refractivity contribution in [3.8, 4) is 0 Å². The van der Waals surface area contributed by atoms with Crippen LogP contribution < -0.4 is 15.6 Å². The van der Waals surface area contributed by atoms with Crippen LogP contribution in [-0.2, 0) is 25.6 Å². The first-order chi connectivity index (χ1) is 17.9. The van der Waals surface area contributed by atoms with E-state index in [1.54, 1.807) is 6.20 Å². The molecule has 0 radical (unpaired) electrons. The van der Waals surface area contributed by atoms with Gasteiger partial charge in [0.05, 0.1) is 11.8 Å². The van der Waals surface area contributed by atoms with Crippen LogP contribution in [0.3, 0.4) is 0 Å². The Kier molecular flexibility index (Phi) is 6.80. The zero-order valence-corrected chi connectivity index (χ0v) is 20.7. The number of nitrogens with two attached hydrogens (primary N) is 1. The molecule has 12 nitrogen and oxygen atoms in total. The molecular weight excluding hydrogens is 525 g/mol. The smallest absolute Gasteiger partial charge is 0.352 e. The van der Waals surface area contributed by atoms with E-state index in [-0.39, 0.29) is 28.8 Å². The molecule has 192 valence electrons. The van der Waals surface area contributed by atoms with Crippen LogP contribution >= 0.6 is 23.1 Å². The third kappa shape index (κ3) is 4.62. The highest BCUT2D eigenvalue weighted by atomic mass is 32.2. The van der Waals surface area contributed by atoms with E-state index in [1.165, 1.54) is 22.0 Å². The number of rotatable bonds is 9. The van der Waals surface area contributed by atoms with Gasteiger partial charge in [-0.2, -0.15) is 5.10 Å². The van der Waals surface area contributed by atoms with Crippen molar-refractivity contribution >= 4 is 57.2 Å². The number of H-pyrrole nitrogens is 1. The predicted molar refractivity (Wildman–Crippen MR) is 132 cm³/mol. The Balaban J connectivity index is 1.36. The molecule has 15 heteroatoms. The number of carbonyl (C=O) groups excluding carboxylic acids is 2. The number of β-lactam (4-membered cyclic amide) rings is 1. The van der Waals surface area contributed by atoms with Crippen LogP contribution in [0.1, 0.15) is 11.3 Å². The van der Waals surface area contributed by atoms with Gasteiger partial charge >= 0.3 is 5.97 Å². The van der Waals surface area contributed by atoms with E-state index in [2.05, 4.69) is 20.6 Å². The van der Waals surface area contributed by atoms with E-state index in [4.69, 9.17) is 10.6 Å². The Morgan fingerprint density at radius 1 is 1.43 bits per heavy atom. The largest absolute Gasteiger partial charge is 0.477 e. The Morgan fingerprint density at radius 3 is 3.00 bits per heavy atom. The van der Waals surface area contributed by atoms with E-state index in [0.717, 1.165) is 22.4 Å². The summed E-state index contributed by atoms with van der Waals surface area (Å²) in [6.45, 7) is -1.17. The van der Waals surface area contributed by atoms with Gasteiger partial charge in [-0.3, -0.25) is 14.5 Å². The molecule has 2 aliphatic heterocycles. The molecule has 0 aliphatic carbocycles. The Labute approximate surface area is 217 Å². The van der Waals surface area contributed by atoms with Gasteiger partial charge < -0.3 is 21.0 Å². The number of carbonyl (C=O) groups is 3. The average Bonchev–Trinajstić information content (AvgIpc) is 3.50. The number of aromatic nitrogens is 3. The van der Waals surface area contributed by atoms with Crippen molar-refractivity contribution in [1.29, 1.82) is 0 Å². The number of aromatic amines is 1. The minimum Gasteiger partial charge on any atom is -0.477 e. The number of thioether (sulfide) groups is 1. The number of nitrogens with one attached hydrogen (secondary N) is 2. The number of oxime groups is 1. The third-order valence-electron chi connectivity index (χ3n) is 5.81. The number of carboxylic acids is 1.